The maximum Gasteiger partial charge on any atom is 0.271 e. The van der Waals surface area contributed by atoms with E-state index in [1.54, 1.807) is 36.4 Å². The second kappa shape index (κ2) is 8.26. The number of aromatic nitrogens is 2. The maximum absolute atomic E-state index is 13.7. The van der Waals surface area contributed by atoms with Gasteiger partial charge < -0.3 is 16.8 Å². The first-order valence-corrected chi connectivity index (χ1v) is 8.46. The first-order chi connectivity index (χ1) is 13.4. The topological polar surface area (TPSA) is 124 Å². The molecule has 7 nitrogen and oxygen atoms in total. The van der Waals surface area contributed by atoms with Gasteiger partial charge >= 0.3 is 0 Å². The van der Waals surface area contributed by atoms with Crippen molar-refractivity contribution in [2.24, 2.45) is 5.73 Å². The monoisotopic (exact) mass is 379 g/mol. The smallest absolute Gasteiger partial charge is 0.271 e. The van der Waals surface area contributed by atoms with E-state index in [1.807, 2.05) is 6.07 Å². The Balaban J connectivity index is 1.72. The summed E-state index contributed by atoms with van der Waals surface area (Å²) >= 11 is 0. The second-order valence-electron chi connectivity index (χ2n) is 6.11. The van der Waals surface area contributed by atoms with Crippen LogP contribution in [-0.4, -0.2) is 21.8 Å². The average Bonchev–Trinajstić information content (AvgIpc) is 2.68. The molecule has 1 heterocycles. The number of hydrogen-bond acceptors (Lipinski definition) is 5. The first kappa shape index (κ1) is 19.0. The van der Waals surface area contributed by atoms with Crippen molar-refractivity contribution < 1.29 is 14.0 Å². The van der Waals surface area contributed by atoms with E-state index in [4.69, 9.17) is 11.5 Å². The quantitative estimate of drug-likeness (QED) is 0.603. The molecule has 0 unspecified atom stereocenters. The van der Waals surface area contributed by atoms with Gasteiger partial charge in [-0.15, -0.1) is 0 Å². The molecule has 3 aromatic rings. The van der Waals surface area contributed by atoms with E-state index in [2.05, 4.69) is 15.3 Å². The van der Waals surface area contributed by atoms with Gasteiger partial charge in [0.1, 0.15) is 5.82 Å². The molecule has 0 aliphatic rings. The highest BCUT2D eigenvalue weighted by Crippen LogP contribution is 2.13. The van der Waals surface area contributed by atoms with Crippen molar-refractivity contribution in [3.8, 4) is 0 Å². The minimum Gasteiger partial charge on any atom is -0.382 e. The van der Waals surface area contributed by atoms with Crippen LogP contribution in [0.15, 0.2) is 54.7 Å². The third-order valence-corrected chi connectivity index (χ3v) is 4.06. The number of carbonyl (C=O) groups is 2. The normalized spacial score (nSPS) is 10.5. The number of nitrogens with one attached hydrogen (secondary N) is 1. The number of nitrogens with two attached hydrogens (primary N) is 2. The molecule has 142 valence electrons. The standard InChI is InChI=1S/C20H18FN5O2/c21-16-7-2-1-5-14(16)10-25-20(28)13-6-3-4-12(8-13)9-15-11-24-18(22)17(26-15)19(23)27/h1-8,11H,9-10H2,(H2,22,24)(H2,23,27)(H,25,28). The van der Waals surface area contributed by atoms with Gasteiger partial charge in [-0.1, -0.05) is 30.3 Å². The fourth-order valence-corrected chi connectivity index (χ4v) is 2.65. The van der Waals surface area contributed by atoms with Crippen molar-refractivity contribution >= 4 is 17.6 Å². The summed E-state index contributed by atoms with van der Waals surface area (Å²) in [5, 5.41) is 2.69. The van der Waals surface area contributed by atoms with Crippen LogP contribution in [0.4, 0.5) is 10.2 Å². The Morgan fingerprint density at radius 3 is 2.64 bits per heavy atom. The summed E-state index contributed by atoms with van der Waals surface area (Å²) in [4.78, 5) is 31.8. The summed E-state index contributed by atoms with van der Waals surface area (Å²) in [6.07, 6.45) is 1.79. The number of nitrogens with zero attached hydrogens (tertiary/aromatic N) is 2. The van der Waals surface area contributed by atoms with Crippen molar-refractivity contribution in [3.05, 3.63) is 88.6 Å². The third-order valence-electron chi connectivity index (χ3n) is 4.06. The molecule has 0 atom stereocenters. The zero-order valence-corrected chi connectivity index (χ0v) is 14.9. The molecule has 0 bridgehead atoms. The Kier molecular flexibility index (Phi) is 5.59. The number of carbonyl (C=O) groups excluding carboxylic acids is 2. The SMILES string of the molecule is NC(=O)c1nc(Cc2cccc(C(=O)NCc3ccccc3F)c2)cnc1N. The van der Waals surface area contributed by atoms with Gasteiger partial charge in [0.2, 0.25) is 0 Å². The number of primary amides is 1. The Bertz CT molecular complexity index is 1040. The van der Waals surface area contributed by atoms with Crippen molar-refractivity contribution in [3.63, 3.8) is 0 Å². The fourth-order valence-electron chi connectivity index (χ4n) is 2.65. The van der Waals surface area contributed by atoms with Gasteiger partial charge in [-0.25, -0.2) is 14.4 Å². The molecule has 0 spiro atoms. The number of nitrogen functional groups attached to an aromatic ring is 1. The molecule has 2 amide bonds. The molecule has 5 N–H and O–H groups in total. The lowest BCUT2D eigenvalue weighted by Crippen LogP contribution is -2.23. The number of anilines is 1. The number of amides is 2. The van der Waals surface area contributed by atoms with Gasteiger partial charge in [-0.3, -0.25) is 9.59 Å². The predicted octanol–water partition coefficient (Wildman–Crippen LogP) is 1.82. The molecule has 8 heteroatoms. The highest BCUT2D eigenvalue weighted by atomic mass is 19.1. The van der Waals surface area contributed by atoms with E-state index in [0.717, 1.165) is 5.56 Å². The summed E-state index contributed by atoms with van der Waals surface area (Å²) in [5.41, 5.74) is 12.8. The Morgan fingerprint density at radius 1 is 1.11 bits per heavy atom. The average molecular weight is 379 g/mol. The Morgan fingerprint density at radius 2 is 1.89 bits per heavy atom. The lowest BCUT2D eigenvalue weighted by molar-refractivity contribution is 0.0949. The summed E-state index contributed by atoms with van der Waals surface area (Å²) in [5.74, 6) is -1.49. The molecule has 2 aromatic carbocycles. The molecule has 0 radical (unpaired) electrons. The molecule has 0 saturated carbocycles. The lowest BCUT2D eigenvalue weighted by Gasteiger charge is -2.08. The van der Waals surface area contributed by atoms with E-state index in [9.17, 15) is 14.0 Å². The van der Waals surface area contributed by atoms with Crippen LogP contribution in [0, 0.1) is 5.82 Å². The number of halogens is 1. The summed E-state index contributed by atoms with van der Waals surface area (Å²) in [6.45, 7) is 0.0845. The van der Waals surface area contributed by atoms with Crippen molar-refractivity contribution in [1.29, 1.82) is 0 Å². The molecule has 28 heavy (non-hydrogen) atoms. The molecule has 0 aliphatic heterocycles. The Labute approximate surface area is 160 Å². The third kappa shape index (κ3) is 4.47. The molecule has 1 aromatic heterocycles. The maximum atomic E-state index is 13.7. The van der Waals surface area contributed by atoms with Crippen LogP contribution >= 0.6 is 0 Å². The number of rotatable bonds is 6. The van der Waals surface area contributed by atoms with Gasteiger partial charge in [0.05, 0.1) is 11.9 Å². The molecule has 0 saturated heterocycles. The molecule has 0 fully saturated rings. The van der Waals surface area contributed by atoms with E-state index in [0.29, 0.717) is 23.2 Å². The van der Waals surface area contributed by atoms with E-state index >= 15 is 0 Å². The van der Waals surface area contributed by atoms with Crippen molar-refractivity contribution in [2.45, 2.75) is 13.0 Å². The van der Waals surface area contributed by atoms with Crippen LogP contribution in [0.5, 0.6) is 0 Å². The lowest BCUT2D eigenvalue weighted by atomic mass is 10.1. The van der Waals surface area contributed by atoms with E-state index in [-0.39, 0.29) is 29.8 Å². The molecular formula is C20H18FN5O2. The van der Waals surface area contributed by atoms with Crippen LogP contribution in [0.2, 0.25) is 0 Å². The minimum atomic E-state index is -0.756. The number of benzene rings is 2. The second-order valence-corrected chi connectivity index (χ2v) is 6.11. The van der Waals surface area contributed by atoms with Crippen molar-refractivity contribution in [1.82, 2.24) is 15.3 Å². The summed E-state index contributed by atoms with van der Waals surface area (Å²) in [7, 11) is 0. The fraction of sp³-hybridized carbons (Fsp3) is 0.100. The number of hydrogen-bond donors (Lipinski definition) is 3. The molecule has 3 rings (SSSR count). The highest BCUT2D eigenvalue weighted by molar-refractivity contribution is 5.95. The van der Waals surface area contributed by atoms with Crippen LogP contribution in [0.25, 0.3) is 0 Å². The summed E-state index contributed by atoms with van der Waals surface area (Å²) < 4.78 is 13.7. The van der Waals surface area contributed by atoms with Gasteiger partial charge in [0.25, 0.3) is 11.8 Å². The van der Waals surface area contributed by atoms with Gasteiger partial charge in [0, 0.05) is 24.1 Å². The summed E-state index contributed by atoms with van der Waals surface area (Å²) in [6, 6.07) is 13.1. The first-order valence-electron chi connectivity index (χ1n) is 8.46. The van der Waals surface area contributed by atoms with Crippen LogP contribution in [0.1, 0.15) is 37.7 Å². The highest BCUT2D eigenvalue weighted by Gasteiger charge is 2.12. The van der Waals surface area contributed by atoms with E-state index < -0.39 is 5.91 Å². The van der Waals surface area contributed by atoms with Crippen LogP contribution in [-0.2, 0) is 13.0 Å². The zero-order chi connectivity index (χ0) is 20.1. The van der Waals surface area contributed by atoms with Crippen LogP contribution < -0.4 is 16.8 Å². The largest absolute Gasteiger partial charge is 0.382 e. The van der Waals surface area contributed by atoms with Crippen LogP contribution in [0.3, 0.4) is 0 Å². The molecule has 0 aliphatic carbocycles. The van der Waals surface area contributed by atoms with Gasteiger partial charge in [-0.2, -0.15) is 0 Å². The predicted molar refractivity (Wildman–Crippen MR) is 102 cm³/mol. The van der Waals surface area contributed by atoms with Crippen molar-refractivity contribution in [2.75, 3.05) is 5.73 Å². The Hall–Kier alpha value is -3.81. The van der Waals surface area contributed by atoms with Gasteiger partial charge in [-0.05, 0) is 23.8 Å². The minimum absolute atomic E-state index is 0.0301. The molecular weight excluding hydrogens is 361 g/mol. The van der Waals surface area contributed by atoms with E-state index in [1.165, 1.54) is 12.3 Å². The zero-order valence-electron chi connectivity index (χ0n) is 14.9. The van der Waals surface area contributed by atoms with Gasteiger partial charge in [0.15, 0.2) is 11.5 Å².